The predicted octanol–water partition coefficient (Wildman–Crippen LogP) is 3.07. The number of ether oxygens (including phenoxy) is 9. The van der Waals surface area contributed by atoms with E-state index in [0.717, 1.165) is 0 Å². The van der Waals surface area contributed by atoms with Crippen LogP contribution in [0.3, 0.4) is 0 Å². The van der Waals surface area contributed by atoms with Crippen molar-refractivity contribution in [3.05, 3.63) is 0 Å². The first-order chi connectivity index (χ1) is 27.9. The zero-order chi connectivity index (χ0) is 44.1. The topological polar surface area (TPSA) is 201 Å². The Morgan fingerprint density at radius 1 is 0.780 bits per heavy atom. The number of rotatable bonds is 15. The summed E-state index contributed by atoms with van der Waals surface area (Å²) >= 11 is 0. The molecule has 0 spiro atoms. The Kier molecular flexibility index (Phi) is 22.1. The smallest absolute Gasteiger partial charge is 0.308 e. The van der Waals surface area contributed by atoms with Gasteiger partial charge < -0.3 is 68.0 Å². The van der Waals surface area contributed by atoms with E-state index in [1.54, 1.807) is 39.8 Å². The number of aliphatic hydroxyl groups excluding tert-OH is 4. The van der Waals surface area contributed by atoms with Crippen molar-refractivity contribution in [2.75, 3.05) is 48.1 Å². The number of Topliss-reactive ketones (excluding diaryl/α,β-unsaturated/α-hetero) is 1. The van der Waals surface area contributed by atoms with Gasteiger partial charge in [-0.15, -0.1) is 0 Å². The molecule has 0 aromatic rings. The van der Waals surface area contributed by atoms with Crippen LogP contribution in [0.5, 0.6) is 0 Å². The van der Waals surface area contributed by atoms with Crippen LogP contribution in [-0.2, 0) is 52.2 Å². The summed E-state index contributed by atoms with van der Waals surface area (Å²) in [5.74, 6) is -2.39. The van der Waals surface area contributed by atoms with Crippen LogP contribution in [0.4, 0.5) is 0 Å². The van der Waals surface area contributed by atoms with Crippen molar-refractivity contribution in [2.45, 2.75) is 186 Å². The van der Waals surface area contributed by atoms with Gasteiger partial charge in [-0.25, -0.2) is 0 Å². The summed E-state index contributed by atoms with van der Waals surface area (Å²) in [5, 5.41) is 45.0. The van der Waals surface area contributed by atoms with Crippen LogP contribution in [0.2, 0.25) is 0 Å². The molecule has 0 aliphatic carbocycles. The molecule has 1 unspecified atom stereocenters. The van der Waals surface area contributed by atoms with Gasteiger partial charge in [-0.3, -0.25) is 9.59 Å². The van der Waals surface area contributed by atoms with E-state index in [4.69, 9.17) is 42.6 Å². The lowest BCUT2D eigenvalue weighted by Crippen LogP contribution is -2.63. The van der Waals surface area contributed by atoms with Gasteiger partial charge in [-0.1, -0.05) is 27.7 Å². The Morgan fingerprint density at radius 3 is 1.97 bits per heavy atom. The van der Waals surface area contributed by atoms with Crippen molar-refractivity contribution in [1.82, 2.24) is 4.90 Å². The summed E-state index contributed by atoms with van der Waals surface area (Å²) in [5.41, 5.74) is 0. The Labute approximate surface area is 352 Å². The molecule has 3 saturated heterocycles. The summed E-state index contributed by atoms with van der Waals surface area (Å²) in [4.78, 5) is 29.5. The van der Waals surface area contributed by atoms with Gasteiger partial charge in [0.1, 0.15) is 36.3 Å². The number of hydrogen-bond acceptors (Lipinski definition) is 16. The van der Waals surface area contributed by atoms with E-state index >= 15 is 0 Å². The summed E-state index contributed by atoms with van der Waals surface area (Å²) in [6.07, 6.45) is -9.06. The molecule has 3 aliphatic heterocycles. The summed E-state index contributed by atoms with van der Waals surface area (Å²) in [6.45, 7) is 15.7. The lowest BCUT2D eigenvalue weighted by atomic mass is 9.78. The lowest BCUT2D eigenvalue weighted by Gasteiger charge is -2.47. The van der Waals surface area contributed by atoms with Gasteiger partial charge in [-0.2, -0.15) is 0 Å². The highest BCUT2D eigenvalue weighted by molar-refractivity contribution is 5.80. The number of ketones is 1. The van der Waals surface area contributed by atoms with Gasteiger partial charge in [0.15, 0.2) is 18.9 Å². The number of carbonyl (C=O) groups is 2. The number of nitrogens with zero attached hydrogens (tertiary/aromatic N) is 1. The van der Waals surface area contributed by atoms with Crippen LogP contribution in [0, 0.1) is 29.6 Å². The molecule has 0 saturated carbocycles. The fraction of sp³-hybridized carbons (Fsp3) is 0.953. The van der Waals surface area contributed by atoms with Crippen LogP contribution in [-0.4, -0.2) is 171 Å². The Hall–Kier alpha value is -1.38. The maximum absolute atomic E-state index is 14.0. The third-order valence-corrected chi connectivity index (χ3v) is 12.6. The molecule has 0 radical (unpaired) electrons. The molecule has 18 atom stereocenters. The molecule has 16 heteroatoms. The second kappa shape index (κ2) is 25.1. The van der Waals surface area contributed by atoms with Crippen molar-refractivity contribution < 1.29 is 72.6 Å². The molecular weight excluding hydrogens is 770 g/mol. The number of likely N-dealkylation sites (N-methyl/N-ethyl adjacent to an activating group) is 1. The van der Waals surface area contributed by atoms with E-state index in [1.807, 2.05) is 27.7 Å². The fourth-order valence-corrected chi connectivity index (χ4v) is 9.07. The van der Waals surface area contributed by atoms with Crippen molar-refractivity contribution in [2.24, 2.45) is 29.6 Å². The van der Waals surface area contributed by atoms with E-state index in [1.165, 1.54) is 14.2 Å². The normalized spacial score (nSPS) is 41.3. The van der Waals surface area contributed by atoms with Crippen molar-refractivity contribution in [3.8, 4) is 0 Å². The quantitative estimate of drug-likeness (QED) is 0.138. The first-order valence-electron chi connectivity index (χ1n) is 21.9. The Bertz CT molecular complexity index is 1220. The van der Waals surface area contributed by atoms with Crippen molar-refractivity contribution >= 4 is 11.8 Å². The molecule has 0 aromatic carbocycles. The lowest BCUT2D eigenvalue weighted by molar-refractivity contribution is -0.306. The van der Waals surface area contributed by atoms with Gasteiger partial charge in [0.25, 0.3) is 0 Å². The molecule has 3 heterocycles. The molecule has 3 fully saturated rings. The highest BCUT2D eigenvalue weighted by Gasteiger charge is 2.48. The van der Waals surface area contributed by atoms with Crippen LogP contribution in [0.1, 0.15) is 100 Å². The molecule has 3 aliphatic rings. The third-order valence-electron chi connectivity index (χ3n) is 12.6. The van der Waals surface area contributed by atoms with Crippen molar-refractivity contribution in [3.63, 3.8) is 0 Å². The largest absolute Gasteiger partial charge is 0.462 e. The van der Waals surface area contributed by atoms with Gasteiger partial charge in [0.2, 0.25) is 0 Å². The van der Waals surface area contributed by atoms with Crippen LogP contribution < -0.4 is 0 Å². The zero-order valence-corrected chi connectivity index (χ0v) is 37.8. The van der Waals surface area contributed by atoms with Gasteiger partial charge in [0, 0.05) is 58.0 Å². The average Bonchev–Trinajstić information content (AvgIpc) is 3.18. The van der Waals surface area contributed by atoms with E-state index in [-0.39, 0.29) is 30.6 Å². The molecule has 0 amide bonds. The minimum Gasteiger partial charge on any atom is -0.462 e. The minimum atomic E-state index is -1.27. The molecule has 346 valence electrons. The van der Waals surface area contributed by atoms with Gasteiger partial charge in [-0.05, 0) is 79.3 Å². The van der Waals surface area contributed by atoms with Crippen LogP contribution in [0.15, 0.2) is 0 Å². The minimum absolute atomic E-state index is 0.0445. The number of cyclic esters (lactones) is 1. The third kappa shape index (κ3) is 14.3. The summed E-state index contributed by atoms with van der Waals surface area (Å²) < 4.78 is 54.5. The monoisotopic (exact) mass is 850 g/mol. The highest BCUT2D eigenvalue weighted by Crippen LogP contribution is 2.37. The average molecular weight is 850 g/mol. The molecule has 16 nitrogen and oxygen atoms in total. The Morgan fingerprint density at radius 2 is 1.39 bits per heavy atom. The first-order valence-corrected chi connectivity index (χ1v) is 21.9. The molecule has 0 bridgehead atoms. The Balaban J connectivity index is 1.99. The number of carbonyl (C=O) groups excluding carboxylic acids is 2. The SMILES string of the molecule is CCOC(C[C@H]1C[C@@H](C)C(=O)CCC(C)C[C@H](CO[C@@H]2O[C@H](C)[C@@H](O)[C@@H](OC)[C@H]2OC)[C@@H](CC)OC(=O)C[C@@H](O)[C@@H](C)[C@H]1O[C@@H]1O[C@H](C)[C@@H](O)[C@H](N(C)C)[C@H]1O)OCC. The standard InChI is InChI=1S/C43H79NO15/c1-13-32-29(22-55-43-41(52-12)40(51-11)37(49)27(8)57-43)18-23(4)16-17-30(45)24(5)19-28(20-34(53-14-2)54-15-3)39(25(6)31(46)21-33(47)58-32)59-42-38(50)35(44(9)10)36(48)26(7)56-42/h23-29,31-32,34-43,46,48-50H,13-22H2,1-12H3/t23?,24-,25-,26-,27-,28-,29-,31-,32-,35+,36-,37-,38-,39-,40-,41-,42+,43-/m1/s1. The second-order valence-electron chi connectivity index (χ2n) is 17.3. The van der Waals surface area contributed by atoms with E-state index in [0.29, 0.717) is 51.7 Å². The molecule has 0 aromatic heterocycles. The van der Waals surface area contributed by atoms with Gasteiger partial charge >= 0.3 is 5.97 Å². The predicted molar refractivity (Wildman–Crippen MR) is 217 cm³/mol. The highest BCUT2D eigenvalue weighted by atomic mass is 16.7. The molecule has 4 N–H and O–H groups in total. The fourth-order valence-electron chi connectivity index (χ4n) is 9.07. The van der Waals surface area contributed by atoms with E-state index < -0.39 is 110 Å². The number of hydrogen-bond donors (Lipinski definition) is 4. The number of methoxy groups -OCH3 is 2. The maximum atomic E-state index is 14.0. The van der Waals surface area contributed by atoms with Gasteiger partial charge in [0.05, 0.1) is 49.6 Å². The molecule has 59 heavy (non-hydrogen) atoms. The maximum Gasteiger partial charge on any atom is 0.308 e. The number of aliphatic hydroxyl groups is 4. The zero-order valence-electron chi connectivity index (χ0n) is 37.8. The summed E-state index contributed by atoms with van der Waals surface area (Å²) in [7, 11) is 6.50. The van der Waals surface area contributed by atoms with Crippen molar-refractivity contribution in [1.29, 1.82) is 0 Å². The molecular formula is C43H79NO15. The van der Waals surface area contributed by atoms with E-state index in [2.05, 4.69) is 6.92 Å². The molecule has 3 rings (SSSR count). The van der Waals surface area contributed by atoms with E-state index in [9.17, 15) is 30.0 Å². The van der Waals surface area contributed by atoms with Crippen LogP contribution >= 0.6 is 0 Å². The summed E-state index contributed by atoms with van der Waals surface area (Å²) in [6, 6.07) is -0.713. The van der Waals surface area contributed by atoms with Crippen LogP contribution in [0.25, 0.3) is 0 Å². The second-order valence-corrected chi connectivity index (χ2v) is 17.3. The first kappa shape index (κ1) is 52.0. The number of esters is 1.